The van der Waals surface area contributed by atoms with Gasteiger partial charge in [-0.25, -0.2) is 0 Å². The fourth-order valence-corrected chi connectivity index (χ4v) is 1.42. The van der Waals surface area contributed by atoms with Crippen molar-refractivity contribution in [3.8, 4) is 0 Å². The number of rotatable bonds is 2. The van der Waals surface area contributed by atoms with Gasteiger partial charge in [0.1, 0.15) is 0 Å². The van der Waals surface area contributed by atoms with Crippen LogP contribution in [0.1, 0.15) is 6.92 Å². The number of hydrogen-bond donors (Lipinski definition) is 0. The summed E-state index contributed by atoms with van der Waals surface area (Å²) in [6.45, 7) is -2.63. The molecule has 0 aromatic heterocycles. The van der Waals surface area contributed by atoms with Gasteiger partial charge in [0.05, 0.1) is 0 Å². The van der Waals surface area contributed by atoms with Crippen LogP contribution < -0.4 is 9.79 Å². The molecule has 0 N–H and O–H groups in total. The van der Waals surface area contributed by atoms with Crippen LogP contribution in [0, 0.1) is 0 Å². The second-order valence-corrected chi connectivity index (χ2v) is 4.71. The molecule has 0 saturated carbocycles. The van der Waals surface area contributed by atoms with E-state index in [-0.39, 0.29) is 0 Å². The first kappa shape index (κ1) is 7.50. The predicted octanol–water partition coefficient (Wildman–Crippen LogP) is -0.432. The van der Waals surface area contributed by atoms with Gasteiger partial charge in [-0.3, -0.25) is 0 Å². The van der Waals surface area contributed by atoms with Gasteiger partial charge >= 0.3 is 0 Å². The van der Waals surface area contributed by atoms with Crippen molar-refractivity contribution in [1.29, 1.82) is 0 Å². The Hall–Kier alpha value is 0.500. The highest BCUT2D eigenvalue weighted by atomic mass is 32.7. The standard InChI is InChI=1S/C2H7O3PS/c1-2-7-6(3,4)5/h2H2,1H3,(H2,3,4,5)/p-2. The molecule has 0 saturated heterocycles. The van der Waals surface area contributed by atoms with E-state index in [4.69, 9.17) is 0 Å². The maximum absolute atomic E-state index is 9.67. The first-order chi connectivity index (χ1) is 3.06. The lowest BCUT2D eigenvalue weighted by molar-refractivity contribution is -0.302. The van der Waals surface area contributed by atoms with E-state index >= 15 is 0 Å². The summed E-state index contributed by atoms with van der Waals surface area (Å²) in [6, 6.07) is 0. The molecule has 0 radical (unpaired) electrons. The molecule has 0 aliphatic heterocycles. The molecule has 0 spiro atoms. The predicted molar refractivity (Wildman–Crippen MR) is 25.7 cm³/mol. The van der Waals surface area contributed by atoms with Crippen LogP contribution in [-0.4, -0.2) is 5.75 Å². The highest BCUT2D eigenvalue weighted by Gasteiger charge is 1.83. The minimum atomic E-state index is -4.25. The third kappa shape index (κ3) is 6.50. The zero-order valence-corrected chi connectivity index (χ0v) is 5.50. The van der Waals surface area contributed by atoms with Gasteiger partial charge in [-0.05, 0) is 12.6 Å². The summed E-state index contributed by atoms with van der Waals surface area (Å²) >= 11 is 0.433. The second-order valence-electron chi connectivity index (χ2n) is 0.865. The van der Waals surface area contributed by atoms with Gasteiger partial charge in [0.25, 0.3) is 0 Å². The van der Waals surface area contributed by atoms with Crippen LogP contribution in [0.25, 0.3) is 0 Å². The molecule has 7 heavy (non-hydrogen) atoms. The Labute approximate surface area is 46.0 Å². The van der Waals surface area contributed by atoms with E-state index in [0.29, 0.717) is 17.1 Å². The Morgan fingerprint density at radius 1 is 1.71 bits per heavy atom. The van der Waals surface area contributed by atoms with Crippen molar-refractivity contribution in [1.82, 2.24) is 0 Å². The minimum Gasteiger partial charge on any atom is -0.803 e. The summed E-state index contributed by atoms with van der Waals surface area (Å²) in [5.41, 5.74) is 0. The van der Waals surface area contributed by atoms with E-state index in [2.05, 4.69) is 0 Å². The lowest BCUT2D eigenvalue weighted by Gasteiger charge is -2.27. The average molecular weight is 140 g/mol. The molecule has 0 rings (SSSR count). The van der Waals surface area contributed by atoms with Crippen LogP contribution in [0.15, 0.2) is 0 Å². The van der Waals surface area contributed by atoms with Gasteiger partial charge in [0, 0.05) is 0 Å². The molecule has 44 valence electrons. The van der Waals surface area contributed by atoms with Gasteiger partial charge in [-0.15, -0.1) is 11.4 Å². The molecule has 0 aliphatic rings. The Morgan fingerprint density at radius 2 is 2.14 bits per heavy atom. The van der Waals surface area contributed by atoms with Crippen LogP contribution in [0.2, 0.25) is 0 Å². The minimum absolute atomic E-state index is 0.338. The van der Waals surface area contributed by atoms with Crippen LogP contribution in [0.3, 0.4) is 0 Å². The largest absolute Gasteiger partial charge is 0.803 e. The fraction of sp³-hybridized carbons (Fsp3) is 1.00. The van der Waals surface area contributed by atoms with E-state index in [0.717, 1.165) is 0 Å². The molecule has 0 aliphatic carbocycles. The molecule has 0 unspecified atom stereocenters. The molecule has 0 aromatic rings. The molecule has 3 nitrogen and oxygen atoms in total. The van der Waals surface area contributed by atoms with E-state index in [1.807, 2.05) is 0 Å². The van der Waals surface area contributed by atoms with Crippen molar-refractivity contribution < 1.29 is 14.4 Å². The Morgan fingerprint density at radius 3 is 2.14 bits per heavy atom. The topological polar surface area (TPSA) is 63.2 Å². The van der Waals surface area contributed by atoms with Crippen LogP contribution >= 0.6 is 18.2 Å². The van der Waals surface area contributed by atoms with E-state index < -0.39 is 6.80 Å². The molecule has 0 heterocycles. The highest BCUT2D eigenvalue weighted by molar-refractivity contribution is 8.53. The Bertz CT molecular complexity index is 86.9. The summed E-state index contributed by atoms with van der Waals surface area (Å²) in [5.74, 6) is 0.338. The molecular weight excluding hydrogens is 135 g/mol. The molecule has 0 aromatic carbocycles. The summed E-state index contributed by atoms with van der Waals surface area (Å²) in [6.07, 6.45) is 0. The van der Waals surface area contributed by atoms with Gasteiger partial charge in [-0.2, -0.15) is 0 Å². The van der Waals surface area contributed by atoms with Gasteiger partial charge < -0.3 is 14.4 Å². The molecule has 0 atom stereocenters. The van der Waals surface area contributed by atoms with Crippen molar-refractivity contribution in [3.63, 3.8) is 0 Å². The fourth-order valence-electron chi connectivity index (χ4n) is 0.158. The van der Waals surface area contributed by atoms with Crippen molar-refractivity contribution in [3.05, 3.63) is 0 Å². The van der Waals surface area contributed by atoms with E-state index in [9.17, 15) is 14.4 Å². The molecule has 0 amide bonds. The first-order valence-electron chi connectivity index (χ1n) is 1.73. The molecule has 0 fully saturated rings. The third-order valence-electron chi connectivity index (χ3n) is 0.287. The van der Waals surface area contributed by atoms with Crippen molar-refractivity contribution in [2.45, 2.75) is 6.92 Å². The van der Waals surface area contributed by atoms with Crippen LogP contribution in [0.4, 0.5) is 0 Å². The van der Waals surface area contributed by atoms with Gasteiger partial charge in [0.15, 0.2) is 0 Å². The Balaban J connectivity index is 3.36. The summed E-state index contributed by atoms with van der Waals surface area (Å²) < 4.78 is 9.67. The first-order valence-corrected chi connectivity index (χ1v) is 4.86. The lowest BCUT2D eigenvalue weighted by Crippen LogP contribution is -2.09. The zero-order chi connectivity index (χ0) is 5.91. The Kier molecular flexibility index (Phi) is 2.92. The molecule has 0 bridgehead atoms. The van der Waals surface area contributed by atoms with Crippen LogP contribution in [-0.2, 0) is 4.57 Å². The normalized spacial score (nSPS) is 11.9. The van der Waals surface area contributed by atoms with Gasteiger partial charge in [-0.1, -0.05) is 6.92 Å². The van der Waals surface area contributed by atoms with Crippen molar-refractivity contribution >= 4 is 18.2 Å². The maximum Gasteiger partial charge on any atom is -0.00469 e. The molecular formula is C2H5O3PS-2. The lowest BCUT2D eigenvalue weighted by atomic mass is 11.0. The summed E-state index contributed by atoms with van der Waals surface area (Å²) in [7, 11) is 0. The monoisotopic (exact) mass is 140 g/mol. The highest BCUT2D eigenvalue weighted by Crippen LogP contribution is 2.40. The average Bonchev–Trinajstić information content (AvgIpc) is 1.30. The quantitative estimate of drug-likeness (QED) is 0.488. The molecule has 5 heteroatoms. The SMILES string of the molecule is CCSP(=O)([O-])[O-]. The maximum atomic E-state index is 9.67. The van der Waals surface area contributed by atoms with Crippen molar-refractivity contribution in [2.24, 2.45) is 0 Å². The number of hydrogen-bond acceptors (Lipinski definition) is 4. The summed E-state index contributed by atoms with van der Waals surface area (Å²) in [5, 5.41) is 0. The summed E-state index contributed by atoms with van der Waals surface area (Å²) in [4.78, 5) is 19.3. The van der Waals surface area contributed by atoms with Gasteiger partial charge in [0.2, 0.25) is 0 Å². The van der Waals surface area contributed by atoms with Crippen molar-refractivity contribution in [2.75, 3.05) is 5.75 Å². The zero-order valence-electron chi connectivity index (χ0n) is 3.79. The van der Waals surface area contributed by atoms with Crippen LogP contribution in [0.5, 0.6) is 0 Å². The third-order valence-corrected chi connectivity index (χ3v) is 2.58. The van der Waals surface area contributed by atoms with E-state index in [1.165, 1.54) is 0 Å². The van der Waals surface area contributed by atoms with E-state index in [1.54, 1.807) is 6.92 Å². The smallest absolute Gasteiger partial charge is 0.00469 e. The second kappa shape index (κ2) is 2.72.